The van der Waals surface area contributed by atoms with Gasteiger partial charge in [-0.05, 0) is 37.6 Å². The van der Waals surface area contributed by atoms with Crippen molar-refractivity contribution in [2.24, 2.45) is 7.05 Å². The Balaban J connectivity index is 2.48. The largest absolute Gasteiger partial charge is 0.493 e. The molecule has 0 unspecified atom stereocenters. The lowest BCUT2D eigenvalue weighted by molar-refractivity contribution is -0.107. The summed E-state index contributed by atoms with van der Waals surface area (Å²) in [7, 11) is 4.89. The van der Waals surface area contributed by atoms with Crippen LogP contribution in [0.25, 0.3) is 12.2 Å². The van der Waals surface area contributed by atoms with Gasteiger partial charge in [-0.1, -0.05) is 12.1 Å². The van der Waals surface area contributed by atoms with E-state index in [2.05, 4.69) is 4.98 Å². The quantitative estimate of drug-likeness (QED) is 0.555. The molecule has 8 nitrogen and oxygen atoms in total. The van der Waals surface area contributed by atoms with Crippen molar-refractivity contribution >= 4 is 30.3 Å². The van der Waals surface area contributed by atoms with E-state index in [0.29, 0.717) is 42.6 Å². The fourth-order valence-electron chi connectivity index (χ4n) is 2.83. The number of halogens is 1. The van der Waals surface area contributed by atoms with Crippen LogP contribution in [0.3, 0.4) is 0 Å². The van der Waals surface area contributed by atoms with E-state index in [1.54, 1.807) is 60.8 Å². The van der Waals surface area contributed by atoms with Crippen molar-refractivity contribution in [2.45, 2.75) is 13.8 Å². The van der Waals surface area contributed by atoms with Gasteiger partial charge < -0.3 is 18.9 Å². The molecule has 1 aromatic carbocycles. The first kappa shape index (κ1) is 22.9. The lowest BCUT2D eigenvalue weighted by atomic mass is 10.2. The molecule has 30 heavy (non-hydrogen) atoms. The normalized spacial score (nSPS) is 10.9. The first-order valence-electron chi connectivity index (χ1n) is 9.50. The molecule has 0 aliphatic rings. The van der Waals surface area contributed by atoms with Crippen LogP contribution in [-0.2, 0) is 11.8 Å². The Kier molecular flexibility index (Phi) is 7.97. The molecule has 0 radical (unpaired) electrons. The zero-order valence-electron chi connectivity index (χ0n) is 17.9. The van der Waals surface area contributed by atoms with Gasteiger partial charge in [0, 0.05) is 27.2 Å². The lowest BCUT2D eigenvalue weighted by Gasteiger charge is -2.18. The van der Waals surface area contributed by atoms with Gasteiger partial charge in [-0.25, -0.2) is 9.37 Å². The third kappa shape index (κ3) is 4.79. The number of anilines is 1. The number of methoxy groups -OCH3 is 1. The molecule has 0 aliphatic heterocycles. The minimum Gasteiger partial charge on any atom is -0.493 e. The summed E-state index contributed by atoms with van der Waals surface area (Å²) in [6, 6.07) is 5.09. The average molecular weight is 418 g/mol. The fourth-order valence-corrected chi connectivity index (χ4v) is 2.83. The van der Waals surface area contributed by atoms with Crippen LogP contribution >= 0.6 is 0 Å². The number of nitrogens with zero attached hydrogens (tertiary/aromatic N) is 4. The van der Waals surface area contributed by atoms with E-state index in [9.17, 15) is 14.0 Å². The maximum Gasteiger partial charge on any atom is 0.274 e. The molecule has 0 spiro atoms. The van der Waals surface area contributed by atoms with Gasteiger partial charge >= 0.3 is 0 Å². The van der Waals surface area contributed by atoms with Crippen molar-refractivity contribution in [3.05, 3.63) is 35.3 Å². The van der Waals surface area contributed by atoms with Crippen molar-refractivity contribution in [3.8, 4) is 11.5 Å². The first-order valence-corrected chi connectivity index (χ1v) is 9.50. The number of benzene rings is 1. The minimum absolute atomic E-state index is 0.231. The highest BCUT2D eigenvalue weighted by molar-refractivity contribution is 6.00. The average Bonchev–Trinajstić information content (AvgIpc) is 3.08. The Labute approximate surface area is 175 Å². The third-order valence-electron chi connectivity index (χ3n) is 4.70. The molecule has 2 aromatic rings. The number of carbonyl (C=O) groups is 2. The van der Waals surface area contributed by atoms with Crippen LogP contribution in [0, 0.1) is 0 Å². The second kappa shape index (κ2) is 10.4. The van der Waals surface area contributed by atoms with Gasteiger partial charge in [0.05, 0.1) is 7.11 Å². The summed E-state index contributed by atoms with van der Waals surface area (Å²) in [5, 5.41) is 0. The monoisotopic (exact) mass is 418 g/mol. The van der Waals surface area contributed by atoms with Gasteiger partial charge in [-0.15, -0.1) is 0 Å². The predicted octanol–water partition coefficient (Wildman–Crippen LogP) is 2.98. The topological polar surface area (TPSA) is 76.9 Å². The van der Waals surface area contributed by atoms with E-state index in [4.69, 9.17) is 9.47 Å². The summed E-state index contributed by atoms with van der Waals surface area (Å²) in [6.07, 6.45) is 4.13. The maximum absolute atomic E-state index is 12.9. The molecule has 0 fully saturated rings. The molecule has 2 rings (SSSR count). The molecule has 0 N–H and O–H groups in total. The number of hydrogen-bond acceptors (Lipinski definition) is 5. The standard InChI is InChI=1S/C21H27FN4O4/c1-6-24(3)21(28)19-20(26(7-2)14-27)23-18(25(19)4)11-9-15-8-10-16(29-5)17(12-15)30-13-22/h8-12,14H,6-7,13H2,1-5H3/b11-9+. The van der Waals surface area contributed by atoms with Crippen LogP contribution in [0.15, 0.2) is 18.2 Å². The summed E-state index contributed by atoms with van der Waals surface area (Å²) >= 11 is 0. The van der Waals surface area contributed by atoms with Crippen LogP contribution in [0.1, 0.15) is 35.7 Å². The molecule has 9 heteroatoms. The van der Waals surface area contributed by atoms with Gasteiger partial charge in [-0.2, -0.15) is 0 Å². The molecular formula is C21H27FN4O4. The van der Waals surface area contributed by atoms with Gasteiger partial charge in [0.1, 0.15) is 5.82 Å². The highest BCUT2D eigenvalue weighted by Gasteiger charge is 2.25. The predicted molar refractivity (Wildman–Crippen MR) is 113 cm³/mol. The van der Waals surface area contributed by atoms with Gasteiger partial charge in [0.2, 0.25) is 13.3 Å². The first-order chi connectivity index (χ1) is 14.4. The third-order valence-corrected chi connectivity index (χ3v) is 4.70. The van der Waals surface area contributed by atoms with E-state index in [1.807, 2.05) is 6.92 Å². The van der Waals surface area contributed by atoms with E-state index in [-0.39, 0.29) is 11.7 Å². The lowest BCUT2D eigenvalue weighted by Crippen LogP contribution is -2.31. The van der Waals surface area contributed by atoms with Crippen LogP contribution in [0.5, 0.6) is 11.5 Å². The van der Waals surface area contributed by atoms with E-state index < -0.39 is 6.86 Å². The highest BCUT2D eigenvalue weighted by Crippen LogP contribution is 2.29. The number of aromatic nitrogens is 2. The number of hydrogen-bond donors (Lipinski definition) is 0. The Morgan fingerprint density at radius 3 is 2.53 bits per heavy atom. The molecule has 162 valence electrons. The van der Waals surface area contributed by atoms with Crippen molar-refractivity contribution < 1.29 is 23.5 Å². The smallest absolute Gasteiger partial charge is 0.274 e. The summed E-state index contributed by atoms with van der Waals surface area (Å²) in [4.78, 5) is 31.8. The molecule has 1 aromatic heterocycles. The molecule has 0 atom stereocenters. The summed E-state index contributed by atoms with van der Waals surface area (Å²) < 4.78 is 24.4. The zero-order chi connectivity index (χ0) is 22.3. The van der Waals surface area contributed by atoms with Crippen LogP contribution in [0.4, 0.5) is 10.2 Å². The van der Waals surface area contributed by atoms with Crippen LogP contribution in [0.2, 0.25) is 0 Å². The second-order valence-electron chi connectivity index (χ2n) is 6.41. The number of carbonyl (C=O) groups excluding carboxylic acids is 2. The molecular weight excluding hydrogens is 391 g/mol. The molecule has 0 aliphatic carbocycles. The molecule has 0 saturated heterocycles. The van der Waals surface area contributed by atoms with Gasteiger partial charge in [0.15, 0.2) is 23.0 Å². The summed E-state index contributed by atoms with van der Waals surface area (Å²) in [5.41, 5.74) is 1.05. The van der Waals surface area contributed by atoms with Crippen molar-refractivity contribution in [1.82, 2.24) is 14.5 Å². The number of alkyl halides is 1. The highest BCUT2D eigenvalue weighted by atomic mass is 19.1. The van der Waals surface area contributed by atoms with Gasteiger partial charge in [-0.3, -0.25) is 14.5 Å². The van der Waals surface area contributed by atoms with Gasteiger partial charge in [0.25, 0.3) is 5.91 Å². The second-order valence-corrected chi connectivity index (χ2v) is 6.41. The van der Waals surface area contributed by atoms with Crippen LogP contribution < -0.4 is 14.4 Å². The number of imidazole rings is 1. The molecule has 0 saturated carbocycles. The Bertz CT molecular complexity index is 926. The van der Waals surface area contributed by atoms with Crippen molar-refractivity contribution in [1.29, 1.82) is 0 Å². The Morgan fingerprint density at radius 2 is 1.97 bits per heavy atom. The number of rotatable bonds is 10. The molecule has 1 heterocycles. The minimum atomic E-state index is -0.971. The maximum atomic E-state index is 12.9. The number of amides is 2. The SMILES string of the molecule is CCN(C)C(=O)c1c(N(C=O)CC)nc(/C=C/c2ccc(OC)c(OCF)c2)n1C. The van der Waals surface area contributed by atoms with E-state index in [0.717, 1.165) is 5.56 Å². The van der Waals surface area contributed by atoms with Crippen molar-refractivity contribution in [3.63, 3.8) is 0 Å². The summed E-state index contributed by atoms with van der Waals surface area (Å²) in [5.74, 6) is 1.26. The van der Waals surface area contributed by atoms with Crippen molar-refractivity contribution in [2.75, 3.05) is 39.0 Å². The number of ether oxygens (including phenoxy) is 2. The van der Waals surface area contributed by atoms with Crippen LogP contribution in [-0.4, -0.2) is 60.9 Å². The Morgan fingerprint density at radius 1 is 1.23 bits per heavy atom. The molecule has 0 bridgehead atoms. The molecule has 2 amide bonds. The Hall–Kier alpha value is -3.36. The van der Waals surface area contributed by atoms with E-state index >= 15 is 0 Å². The zero-order valence-corrected chi connectivity index (χ0v) is 17.9. The fraction of sp³-hybridized carbons (Fsp3) is 0.381. The summed E-state index contributed by atoms with van der Waals surface area (Å²) in [6.45, 7) is 3.60. The van der Waals surface area contributed by atoms with E-state index in [1.165, 1.54) is 12.0 Å².